The lowest BCUT2D eigenvalue weighted by molar-refractivity contribution is -0.134. The summed E-state index contributed by atoms with van der Waals surface area (Å²) in [4.78, 5) is 30.2. The molecule has 0 radical (unpaired) electrons. The molecule has 1 fully saturated rings. The highest BCUT2D eigenvalue weighted by molar-refractivity contribution is 7.09. The zero-order valence-corrected chi connectivity index (χ0v) is 15.5. The summed E-state index contributed by atoms with van der Waals surface area (Å²) in [6.07, 6.45) is 1.48. The Balaban J connectivity index is 1.90. The van der Waals surface area contributed by atoms with Gasteiger partial charge < -0.3 is 10.2 Å². The van der Waals surface area contributed by atoms with Crippen LogP contribution in [0.15, 0.2) is 5.38 Å². The number of aromatic nitrogens is 1. The standard InChI is InChI=1S/C17H27N3O2S/c1-11(16-19-14(10-23-16)17(3,4)5)18-15(22)13-6-8-20(9-7-13)12(2)21/h10-11,13H,6-9H2,1-5H3,(H,18,22)/t11-/m0/s1. The van der Waals surface area contributed by atoms with Crippen molar-refractivity contribution in [1.29, 1.82) is 0 Å². The smallest absolute Gasteiger partial charge is 0.223 e. The van der Waals surface area contributed by atoms with Crippen LogP contribution in [0.25, 0.3) is 0 Å². The fourth-order valence-electron chi connectivity index (χ4n) is 2.68. The summed E-state index contributed by atoms with van der Waals surface area (Å²) in [5, 5.41) is 6.10. The first-order valence-electron chi connectivity index (χ1n) is 8.20. The van der Waals surface area contributed by atoms with Crippen molar-refractivity contribution < 1.29 is 9.59 Å². The molecule has 23 heavy (non-hydrogen) atoms. The van der Waals surface area contributed by atoms with Gasteiger partial charge in [-0.2, -0.15) is 0 Å². The molecule has 1 aliphatic rings. The van der Waals surface area contributed by atoms with E-state index in [9.17, 15) is 9.59 Å². The van der Waals surface area contributed by atoms with Gasteiger partial charge in [0.05, 0.1) is 11.7 Å². The molecule has 0 bridgehead atoms. The number of likely N-dealkylation sites (tertiary alicyclic amines) is 1. The molecule has 5 nitrogen and oxygen atoms in total. The molecular weight excluding hydrogens is 310 g/mol. The van der Waals surface area contributed by atoms with E-state index in [4.69, 9.17) is 0 Å². The number of thiazole rings is 1. The zero-order chi connectivity index (χ0) is 17.2. The number of nitrogens with one attached hydrogen (secondary N) is 1. The quantitative estimate of drug-likeness (QED) is 0.922. The summed E-state index contributed by atoms with van der Waals surface area (Å²) in [7, 11) is 0. The van der Waals surface area contributed by atoms with Crippen LogP contribution in [0.4, 0.5) is 0 Å². The van der Waals surface area contributed by atoms with E-state index < -0.39 is 0 Å². The lowest BCUT2D eigenvalue weighted by Crippen LogP contribution is -2.42. The molecular formula is C17H27N3O2S. The molecule has 0 saturated carbocycles. The minimum Gasteiger partial charge on any atom is -0.347 e. The van der Waals surface area contributed by atoms with Crippen molar-refractivity contribution in [2.75, 3.05) is 13.1 Å². The minimum atomic E-state index is -0.0746. The van der Waals surface area contributed by atoms with Gasteiger partial charge in [-0.1, -0.05) is 20.8 Å². The predicted molar refractivity (Wildman–Crippen MR) is 92.3 cm³/mol. The van der Waals surface area contributed by atoms with Gasteiger partial charge in [-0.15, -0.1) is 11.3 Å². The topological polar surface area (TPSA) is 62.3 Å². The van der Waals surface area contributed by atoms with Crippen molar-refractivity contribution in [2.24, 2.45) is 5.92 Å². The van der Waals surface area contributed by atoms with E-state index in [0.717, 1.165) is 23.5 Å². The van der Waals surface area contributed by atoms with Gasteiger partial charge in [0.1, 0.15) is 5.01 Å². The van der Waals surface area contributed by atoms with E-state index in [1.807, 2.05) is 11.8 Å². The van der Waals surface area contributed by atoms with Crippen LogP contribution in [-0.4, -0.2) is 34.8 Å². The highest BCUT2D eigenvalue weighted by atomic mass is 32.1. The zero-order valence-electron chi connectivity index (χ0n) is 14.7. The van der Waals surface area contributed by atoms with Crippen LogP contribution in [-0.2, 0) is 15.0 Å². The van der Waals surface area contributed by atoms with E-state index in [1.165, 1.54) is 0 Å². The van der Waals surface area contributed by atoms with E-state index in [-0.39, 0.29) is 29.2 Å². The highest BCUT2D eigenvalue weighted by Gasteiger charge is 2.27. The SMILES string of the molecule is CC(=O)N1CCC(C(=O)N[C@@H](C)c2nc(C(C)(C)C)cs2)CC1. The molecule has 0 spiro atoms. The number of hydrogen-bond acceptors (Lipinski definition) is 4. The van der Waals surface area contributed by atoms with Crippen molar-refractivity contribution in [2.45, 2.75) is 58.9 Å². The summed E-state index contributed by atoms with van der Waals surface area (Å²) in [6.45, 7) is 11.3. The molecule has 2 heterocycles. The van der Waals surface area contributed by atoms with Crippen LogP contribution in [0.5, 0.6) is 0 Å². The van der Waals surface area contributed by atoms with Gasteiger partial charge >= 0.3 is 0 Å². The maximum atomic E-state index is 12.4. The average molecular weight is 337 g/mol. The summed E-state index contributed by atoms with van der Waals surface area (Å²) < 4.78 is 0. The number of carbonyl (C=O) groups is 2. The van der Waals surface area contributed by atoms with Crippen molar-refractivity contribution in [3.8, 4) is 0 Å². The van der Waals surface area contributed by atoms with Crippen LogP contribution < -0.4 is 5.32 Å². The van der Waals surface area contributed by atoms with Crippen molar-refractivity contribution in [3.63, 3.8) is 0 Å². The monoisotopic (exact) mass is 337 g/mol. The Hall–Kier alpha value is -1.43. The first-order chi connectivity index (χ1) is 10.7. The van der Waals surface area contributed by atoms with E-state index >= 15 is 0 Å². The molecule has 2 amide bonds. The van der Waals surface area contributed by atoms with Gasteiger partial charge in [0.15, 0.2) is 0 Å². The molecule has 1 saturated heterocycles. The molecule has 128 valence electrons. The molecule has 1 atom stereocenters. The first kappa shape index (κ1) is 17.9. The molecule has 1 aromatic heterocycles. The number of carbonyl (C=O) groups excluding carboxylic acids is 2. The molecule has 1 N–H and O–H groups in total. The van der Waals surface area contributed by atoms with Crippen molar-refractivity contribution in [3.05, 3.63) is 16.1 Å². The summed E-state index contributed by atoms with van der Waals surface area (Å²) in [6, 6.07) is -0.0746. The fourth-order valence-corrected chi connectivity index (χ4v) is 3.73. The Morgan fingerprint density at radius 1 is 1.35 bits per heavy atom. The van der Waals surface area contributed by atoms with Crippen LogP contribution in [0, 0.1) is 5.92 Å². The Morgan fingerprint density at radius 2 is 1.96 bits per heavy atom. The number of piperidine rings is 1. The summed E-state index contributed by atoms with van der Waals surface area (Å²) >= 11 is 1.60. The molecule has 0 aromatic carbocycles. The number of hydrogen-bond donors (Lipinski definition) is 1. The van der Waals surface area contributed by atoms with Crippen LogP contribution in [0.2, 0.25) is 0 Å². The largest absolute Gasteiger partial charge is 0.347 e. The predicted octanol–water partition coefficient (Wildman–Crippen LogP) is 2.88. The highest BCUT2D eigenvalue weighted by Crippen LogP contribution is 2.27. The Kier molecular flexibility index (Phi) is 5.45. The van der Waals surface area contributed by atoms with Gasteiger partial charge in [0.2, 0.25) is 11.8 Å². The normalized spacial score (nSPS) is 17.9. The van der Waals surface area contributed by atoms with Crippen LogP contribution in [0.3, 0.4) is 0 Å². The lowest BCUT2D eigenvalue weighted by atomic mass is 9.93. The van der Waals surface area contributed by atoms with Crippen molar-refractivity contribution in [1.82, 2.24) is 15.2 Å². The fraction of sp³-hybridized carbons (Fsp3) is 0.706. The Bertz CT molecular complexity index is 569. The van der Waals surface area contributed by atoms with E-state index in [2.05, 4.69) is 36.5 Å². The van der Waals surface area contributed by atoms with Crippen LogP contribution >= 0.6 is 11.3 Å². The molecule has 0 aliphatic carbocycles. The lowest BCUT2D eigenvalue weighted by Gasteiger charge is -2.31. The maximum absolute atomic E-state index is 12.4. The van der Waals surface area contributed by atoms with E-state index in [0.29, 0.717) is 13.1 Å². The van der Waals surface area contributed by atoms with Gasteiger partial charge in [-0.25, -0.2) is 4.98 Å². The molecule has 0 unspecified atom stereocenters. The van der Waals surface area contributed by atoms with Crippen LogP contribution in [0.1, 0.15) is 64.2 Å². The Labute approximate surface area is 142 Å². The third-order valence-corrected chi connectivity index (χ3v) is 5.36. The van der Waals surface area contributed by atoms with Crippen molar-refractivity contribution >= 4 is 23.2 Å². The molecule has 2 rings (SSSR count). The number of rotatable bonds is 3. The third-order valence-electron chi connectivity index (χ3n) is 4.33. The molecule has 1 aromatic rings. The maximum Gasteiger partial charge on any atom is 0.223 e. The second-order valence-corrected chi connectivity index (χ2v) is 8.22. The second kappa shape index (κ2) is 6.99. The molecule has 1 aliphatic heterocycles. The van der Waals surface area contributed by atoms with Gasteiger partial charge in [-0.3, -0.25) is 9.59 Å². The first-order valence-corrected chi connectivity index (χ1v) is 9.08. The third kappa shape index (κ3) is 4.53. The number of amides is 2. The summed E-state index contributed by atoms with van der Waals surface area (Å²) in [5.74, 6) is 0.165. The van der Waals surface area contributed by atoms with E-state index in [1.54, 1.807) is 18.3 Å². The average Bonchev–Trinajstić information content (AvgIpc) is 2.97. The molecule has 6 heteroatoms. The Morgan fingerprint density at radius 3 is 2.43 bits per heavy atom. The van der Waals surface area contributed by atoms with Gasteiger partial charge in [0, 0.05) is 36.7 Å². The second-order valence-electron chi connectivity index (χ2n) is 7.33. The number of nitrogens with zero attached hydrogens (tertiary/aromatic N) is 2. The van der Waals surface area contributed by atoms with Gasteiger partial charge in [-0.05, 0) is 19.8 Å². The summed E-state index contributed by atoms with van der Waals surface area (Å²) in [5.41, 5.74) is 1.09. The van der Waals surface area contributed by atoms with Gasteiger partial charge in [0.25, 0.3) is 0 Å². The minimum absolute atomic E-state index is 0.00454.